The molecule has 1 aromatic rings. The highest BCUT2D eigenvalue weighted by atomic mass is 32.2. The predicted octanol–water partition coefficient (Wildman–Crippen LogP) is -0.724. The number of carbonyl (C=O) groups is 2. The maximum absolute atomic E-state index is 12.6. The molecule has 27 heavy (non-hydrogen) atoms. The van der Waals surface area contributed by atoms with Crippen LogP contribution >= 0.6 is 0 Å². The van der Waals surface area contributed by atoms with Crippen molar-refractivity contribution in [3.63, 3.8) is 0 Å². The molecule has 1 saturated heterocycles. The van der Waals surface area contributed by atoms with Crippen LogP contribution in [0.5, 0.6) is 0 Å². The number of hydrogen-bond donors (Lipinski definition) is 2. The summed E-state index contributed by atoms with van der Waals surface area (Å²) in [5, 5.41) is 5.19. The van der Waals surface area contributed by atoms with Crippen molar-refractivity contribution in [2.45, 2.75) is 17.7 Å². The summed E-state index contributed by atoms with van der Waals surface area (Å²) >= 11 is 0. The molecule has 10 heteroatoms. The smallest absolute Gasteiger partial charge is 0.309 e. The molecule has 1 aliphatic heterocycles. The molecule has 1 aromatic heterocycles. The first-order valence-corrected chi connectivity index (χ1v) is 10.4. The minimum absolute atomic E-state index is 0.142. The van der Waals surface area contributed by atoms with Crippen LogP contribution in [0.3, 0.4) is 0 Å². The third-order valence-corrected chi connectivity index (χ3v) is 6.33. The number of nitrogens with zero attached hydrogens (tertiary/aromatic N) is 3. The van der Waals surface area contributed by atoms with E-state index in [-0.39, 0.29) is 10.8 Å². The van der Waals surface area contributed by atoms with E-state index in [0.29, 0.717) is 45.6 Å². The second-order valence-electron chi connectivity index (χ2n) is 6.81. The molecule has 0 atom stereocenters. The van der Waals surface area contributed by atoms with E-state index in [1.807, 2.05) is 19.0 Å². The van der Waals surface area contributed by atoms with Crippen LogP contribution in [0.4, 0.5) is 0 Å². The van der Waals surface area contributed by atoms with Crippen LogP contribution in [-0.2, 0) is 19.6 Å². The van der Waals surface area contributed by atoms with Crippen molar-refractivity contribution in [3.05, 3.63) is 24.5 Å². The third-order valence-electron chi connectivity index (χ3n) is 4.45. The van der Waals surface area contributed by atoms with E-state index in [1.165, 1.54) is 22.8 Å². The second-order valence-corrected chi connectivity index (χ2v) is 8.74. The van der Waals surface area contributed by atoms with Crippen LogP contribution in [0, 0.1) is 5.92 Å². The summed E-state index contributed by atoms with van der Waals surface area (Å²) < 4.78 is 26.6. The van der Waals surface area contributed by atoms with Crippen molar-refractivity contribution in [2.75, 3.05) is 46.8 Å². The van der Waals surface area contributed by atoms with Crippen molar-refractivity contribution < 1.29 is 18.0 Å². The van der Waals surface area contributed by atoms with Gasteiger partial charge in [0.15, 0.2) is 0 Å². The summed E-state index contributed by atoms with van der Waals surface area (Å²) in [4.78, 5) is 29.5. The number of pyridine rings is 1. The molecule has 9 nitrogen and oxygen atoms in total. The topological polar surface area (TPSA) is 112 Å². The number of nitrogens with one attached hydrogen (secondary N) is 2. The largest absolute Gasteiger partial charge is 0.348 e. The Hall–Kier alpha value is -2.04. The van der Waals surface area contributed by atoms with Crippen molar-refractivity contribution in [3.8, 4) is 0 Å². The molecule has 0 aliphatic carbocycles. The van der Waals surface area contributed by atoms with Crippen molar-refractivity contribution in [2.24, 2.45) is 5.92 Å². The SMILES string of the molecule is CN(C)CCNC(=O)C(=O)NCC1CCN(S(=O)(=O)c2cccnc2)CC1. The minimum atomic E-state index is -3.53. The van der Waals surface area contributed by atoms with Crippen molar-refractivity contribution in [1.29, 1.82) is 0 Å². The fraction of sp³-hybridized carbons (Fsp3) is 0.588. The van der Waals surface area contributed by atoms with Crippen LogP contribution < -0.4 is 10.6 Å². The number of hydrogen-bond acceptors (Lipinski definition) is 6. The number of aromatic nitrogens is 1. The van der Waals surface area contributed by atoms with Gasteiger partial charge in [-0.3, -0.25) is 14.6 Å². The molecule has 0 unspecified atom stereocenters. The zero-order valence-electron chi connectivity index (χ0n) is 15.7. The Morgan fingerprint density at radius 3 is 2.48 bits per heavy atom. The Morgan fingerprint density at radius 1 is 1.22 bits per heavy atom. The number of rotatable bonds is 7. The van der Waals surface area contributed by atoms with Gasteiger partial charge in [-0.1, -0.05) is 0 Å². The number of sulfonamides is 1. The molecule has 0 saturated carbocycles. The van der Waals surface area contributed by atoms with Crippen LogP contribution in [0.2, 0.25) is 0 Å². The van der Waals surface area contributed by atoms with Gasteiger partial charge < -0.3 is 15.5 Å². The van der Waals surface area contributed by atoms with Crippen molar-refractivity contribution >= 4 is 21.8 Å². The van der Waals surface area contributed by atoms with Gasteiger partial charge in [0.2, 0.25) is 10.0 Å². The lowest BCUT2D eigenvalue weighted by Crippen LogP contribution is -2.45. The predicted molar refractivity (Wildman–Crippen MR) is 100 cm³/mol. The number of amides is 2. The van der Waals surface area contributed by atoms with E-state index in [9.17, 15) is 18.0 Å². The number of carbonyl (C=O) groups excluding carboxylic acids is 2. The van der Waals surface area contributed by atoms with Crippen LogP contribution in [-0.4, -0.2) is 81.2 Å². The molecule has 1 aliphatic rings. The van der Waals surface area contributed by atoms with Gasteiger partial charge in [-0.05, 0) is 45.0 Å². The first-order chi connectivity index (χ1) is 12.8. The van der Waals surface area contributed by atoms with Crippen LogP contribution in [0.25, 0.3) is 0 Å². The lowest BCUT2D eigenvalue weighted by Gasteiger charge is -2.31. The van der Waals surface area contributed by atoms with Gasteiger partial charge in [-0.2, -0.15) is 4.31 Å². The zero-order chi connectivity index (χ0) is 19.9. The third kappa shape index (κ3) is 6.26. The van der Waals surface area contributed by atoms with E-state index in [4.69, 9.17) is 0 Å². The first kappa shape index (κ1) is 21.3. The van der Waals surface area contributed by atoms with E-state index < -0.39 is 21.8 Å². The molecule has 1 fully saturated rings. The summed E-state index contributed by atoms with van der Waals surface area (Å²) in [6.07, 6.45) is 4.13. The Morgan fingerprint density at radius 2 is 1.89 bits per heavy atom. The van der Waals surface area contributed by atoms with Crippen molar-refractivity contribution in [1.82, 2.24) is 24.8 Å². The standard InChI is InChI=1S/C17H27N5O4S/c1-21(2)11-8-19-16(23)17(24)20-12-14-5-9-22(10-6-14)27(25,26)15-4-3-7-18-13-15/h3-4,7,13-14H,5-6,8-12H2,1-2H3,(H,19,23)(H,20,24). The van der Waals surface area contributed by atoms with Gasteiger partial charge in [0.05, 0.1) is 0 Å². The van der Waals surface area contributed by atoms with Gasteiger partial charge in [0.25, 0.3) is 0 Å². The van der Waals surface area contributed by atoms with Gasteiger partial charge >= 0.3 is 11.8 Å². The summed E-state index contributed by atoms with van der Waals surface area (Å²) in [6, 6.07) is 3.13. The summed E-state index contributed by atoms with van der Waals surface area (Å²) in [6.45, 7) is 2.19. The maximum Gasteiger partial charge on any atom is 0.309 e. The molecule has 2 rings (SSSR count). The van der Waals surface area contributed by atoms with Crippen LogP contribution in [0.1, 0.15) is 12.8 Å². The Bertz CT molecular complexity index is 731. The molecule has 0 bridgehead atoms. The number of likely N-dealkylation sites (N-methyl/N-ethyl adjacent to an activating group) is 1. The molecule has 2 N–H and O–H groups in total. The monoisotopic (exact) mass is 397 g/mol. The van der Waals surface area contributed by atoms with Gasteiger partial charge in [0, 0.05) is 45.1 Å². The summed E-state index contributed by atoms with van der Waals surface area (Å²) in [5.74, 6) is -1.16. The second kappa shape index (κ2) is 9.77. The highest BCUT2D eigenvalue weighted by molar-refractivity contribution is 7.89. The molecule has 0 radical (unpaired) electrons. The Labute approximate surface area is 160 Å². The van der Waals surface area contributed by atoms with Gasteiger partial charge in [-0.25, -0.2) is 8.42 Å². The molecule has 0 aromatic carbocycles. The fourth-order valence-electron chi connectivity index (χ4n) is 2.79. The molecule has 0 spiro atoms. The average Bonchev–Trinajstić information content (AvgIpc) is 2.66. The summed E-state index contributed by atoms with van der Waals surface area (Å²) in [5.41, 5.74) is 0. The van der Waals surface area contributed by atoms with E-state index >= 15 is 0 Å². The zero-order valence-corrected chi connectivity index (χ0v) is 16.5. The molecule has 2 amide bonds. The van der Waals surface area contributed by atoms with Crippen LogP contribution in [0.15, 0.2) is 29.4 Å². The highest BCUT2D eigenvalue weighted by Gasteiger charge is 2.29. The quantitative estimate of drug-likeness (QED) is 0.587. The van der Waals surface area contributed by atoms with Gasteiger partial charge in [0.1, 0.15) is 4.90 Å². The van der Waals surface area contributed by atoms with E-state index in [0.717, 1.165) is 0 Å². The molecular formula is C17H27N5O4S. The molecular weight excluding hydrogens is 370 g/mol. The van der Waals surface area contributed by atoms with Gasteiger partial charge in [-0.15, -0.1) is 0 Å². The lowest BCUT2D eigenvalue weighted by molar-refractivity contribution is -0.139. The first-order valence-electron chi connectivity index (χ1n) is 8.91. The maximum atomic E-state index is 12.6. The number of piperidine rings is 1. The van der Waals surface area contributed by atoms with E-state index in [2.05, 4.69) is 15.6 Å². The Balaban J connectivity index is 1.75. The Kier molecular flexibility index (Phi) is 7.69. The minimum Gasteiger partial charge on any atom is -0.348 e. The highest BCUT2D eigenvalue weighted by Crippen LogP contribution is 2.22. The normalized spacial score (nSPS) is 16.3. The average molecular weight is 398 g/mol. The summed E-state index contributed by atoms with van der Waals surface area (Å²) in [7, 11) is 0.232. The lowest BCUT2D eigenvalue weighted by atomic mass is 9.98. The molecule has 150 valence electrons. The fourth-order valence-corrected chi connectivity index (χ4v) is 4.23. The van der Waals surface area contributed by atoms with E-state index in [1.54, 1.807) is 6.07 Å². The molecule has 2 heterocycles.